The first-order chi connectivity index (χ1) is 7.14. The minimum atomic E-state index is 0.197. The zero-order valence-electron chi connectivity index (χ0n) is 9.45. The molecule has 1 amide bonds. The van der Waals surface area contributed by atoms with Gasteiger partial charge in [0.25, 0.3) is 0 Å². The third-order valence-electron chi connectivity index (χ3n) is 2.83. The van der Waals surface area contributed by atoms with E-state index in [-0.39, 0.29) is 11.8 Å². The molecular formula is C11H20N2OS. The highest BCUT2D eigenvalue weighted by molar-refractivity contribution is 7.99. The molecule has 3 nitrogen and oxygen atoms in total. The molecule has 2 saturated carbocycles. The minimum absolute atomic E-state index is 0.197. The summed E-state index contributed by atoms with van der Waals surface area (Å²) in [7, 11) is 1.50. The van der Waals surface area contributed by atoms with Crippen LogP contribution in [0.3, 0.4) is 0 Å². The van der Waals surface area contributed by atoms with Gasteiger partial charge in [0.05, 0.1) is 0 Å². The van der Waals surface area contributed by atoms with Gasteiger partial charge in [0.15, 0.2) is 0 Å². The van der Waals surface area contributed by atoms with Crippen molar-refractivity contribution >= 4 is 17.9 Å². The average molecular weight is 228 g/mol. The number of hydrogen-bond donors (Lipinski definition) is 2. The molecule has 2 atom stereocenters. The van der Waals surface area contributed by atoms with Gasteiger partial charge in [-0.2, -0.15) is 0 Å². The first kappa shape index (κ1) is 12.6. The summed E-state index contributed by atoms with van der Waals surface area (Å²) in [6, 6.07) is 0. The number of hydrogen-bond acceptors (Lipinski definition) is 3. The van der Waals surface area contributed by atoms with Crippen LogP contribution < -0.4 is 10.5 Å². The standard InChI is InChI=1S/C10H15NOS.CH5N/c1-3-7-6-8(7)9(12)11-13-10(2)4-5-10;1-2/h3,7-8H,1,4-6H2,2H3,(H,11,12);2H2,1H3. The topological polar surface area (TPSA) is 55.1 Å². The van der Waals surface area contributed by atoms with E-state index >= 15 is 0 Å². The van der Waals surface area contributed by atoms with Crippen LogP contribution in [0.15, 0.2) is 12.7 Å². The number of rotatable bonds is 4. The summed E-state index contributed by atoms with van der Waals surface area (Å²) in [4.78, 5) is 11.5. The summed E-state index contributed by atoms with van der Waals surface area (Å²) >= 11 is 1.60. The molecule has 0 spiro atoms. The van der Waals surface area contributed by atoms with E-state index in [0.29, 0.717) is 10.7 Å². The highest BCUT2D eigenvalue weighted by atomic mass is 32.2. The van der Waals surface area contributed by atoms with Crippen LogP contribution in [-0.4, -0.2) is 17.7 Å². The number of amides is 1. The summed E-state index contributed by atoms with van der Waals surface area (Å²) in [5.41, 5.74) is 4.50. The third kappa shape index (κ3) is 3.54. The Morgan fingerprint density at radius 2 is 2.20 bits per heavy atom. The highest BCUT2D eigenvalue weighted by Crippen LogP contribution is 2.47. The second-order valence-electron chi connectivity index (χ2n) is 4.26. The fourth-order valence-electron chi connectivity index (χ4n) is 1.30. The molecule has 0 bridgehead atoms. The van der Waals surface area contributed by atoms with Gasteiger partial charge in [-0.3, -0.25) is 9.52 Å². The van der Waals surface area contributed by atoms with E-state index in [9.17, 15) is 4.79 Å². The largest absolute Gasteiger partial charge is 0.333 e. The number of nitrogens with two attached hydrogens (primary N) is 1. The normalized spacial score (nSPS) is 29.5. The molecule has 0 heterocycles. The molecule has 86 valence electrons. The van der Waals surface area contributed by atoms with Crippen molar-refractivity contribution in [3.05, 3.63) is 12.7 Å². The van der Waals surface area contributed by atoms with Crippen molar-refractivity contribution in [1.29, 1.82) is 0 Å². The minimum Gasteiger partial charge on any atom is -0.333 e. The van der Waals surface area contributed by atoms with E-state index < -0.39 is 0 Å². The average Bonchev–Trinajstić information content (AvgIpc) is 3.14. The summed E-state index contributed by atoms with van der Waals surface area (Å²) in [6.07, 6.45) is 5.33. The predicted molar refractivity (Wildman–Crippen MR) is 65.3 cm³/mol. The molecule has 0 aromatic heterocycles. The Morgan fingerprint density at radius 1 is 1.60 bits per heavy atom. The van der Waals surface area contributed by atoms with Crippen molar-refractivity contribution in [2.45, 2.75) is 30.9 Å². The number of carbonyl (C=O) groups excluding carboxylic acids is 1. The fraction of sp³-hybridized carbons (Fsp3) is 0.727. The number of nitrogens with one attached hydrogen (secondary N) is 1. The van der Waals surface area contributed by atoms with Crippen molar-refractivity contribution in [2.75, 3.05) is 7.05 Å². The Labute approximate surface area is 96.0 Å². The van der Waals surface area contributed by atoms with Gasteiger partial charge in [-0.15, -0.1) is 6.58 Å². The van der Waals surface area contributed by atoms with Crippen LogP contribution in [0.4, 0.5) is 0 Å². The lowest BCUT2D eigenvalue weighted by Crippen LogP contribution is -2.21. The second-order valence-corrected chi connectivity index (χ2v) is 5.65. The lowest BCUT2D eigenvalue weighted by atomic mass is 10.3. The van der Waals surface area contributed by atoms with Gasteiger partial charge >= 0.3 is 0 Å². The van der Waals surface area contributed by atoms with Crippen LogP contribution in [0.1, 0.15) is 26.2 Å². The second kappa shape index (κ2) is 5.03. The molecule has 2 rings (SSSR count). The predicted octanol–water partition coefficient (Wildman–Crippen LogP) is 1.70. The first-order valence-electron chi connectivity index (χ1n) is 5.33. The molecule has 2 unspecified atom stereocenters. The van der Waals surface area contributed by atoms with Crippen LogP contribution in [0.5, 0.6) is 0 Å². The maximum absolute atomic E-state index is 11.5. The Hall–Kier alpha value is -0.480. The molecule has 0 aromatic carbocycles. The third-order valence-corrected chi connectivity index (χ3v) is 4.04. The van der Waals surface area contributed by atoms with Gasteiger partial charge in [0.1, 0.15) is 0 Å². The van der Waals surface area contributed by atoms with Crippen molar-refractivity contribution < 1.29 is 4.79 Å². The molecule has 2 fully saturated rings. The fourth-order valence-corrected chi connectivity index (χ4v) is 2.11. The number of allylic oxidation sites excluding steroid dienone is 1. The molecule has 0 aliphatic heterocycles. The monoisotopic (exact) mass is 228 g/mol. The van der Waals surface area contributed by atoms with E-state index in [2.05, 4.69) is 24.0 Å². The lowest BCUT2D eigenvalue weighted by molar-refractivity contribution is -0.120. The zero-order valence-corrected chi connectivity index (χ0v) is 10.3. The molecule has 0 radical (unpaired) electrons. The van der Waals surface area contributed by atoms with Crippen LogP contribution in [0.2, 0.25) is 0 Å². The van der Waals surface area contributed by atoms with Gasteiger partial charge in [-0.1, -0.05) is 6.08 Å². The van der Waals surface area contributed by atoms with E-state index in [1.54, 1.807) is 11.9 Å². The van der Waals surface area contributed by atoms with Crippen LogP contribution >= 0.6 is 11.9 Å². The summed E-state index contributed by atoms with van der Waals surface area (Å²) in [6.45, 7) is 5.88. The molecule has 3 N–H and O–H groups in total. The van der Waals surface area contributed by atoms with E-state index in [1.807, 2.05) is 6.08 Å². The number of carbonyl (C=O) groups is 1. The summed E-state index contributed by atoms with van der Waals surface area (Å²) < 4.78 is 3.28. The van der Waals surface area contributed by atoms with Gasteiger partial charge in [0, 0.05) is 10.7 Å². The molecule has 4 heteroatoms. The highest BCUT2D eigenvalue weighted by Gasteiger charge is 2.43. The Morgan fingerprint density at radius 3 is 2.60 bits per heavy atom. The van der Waals surface area contributed by atoms with Gasteiger partial charge < -0.3 is 5.73 Å². The Bertz CT molecular complexity index is 251. The smallest absolute Gasteiger partial charge is 0.233 e. The summed E-state index contributed by atoms with van der Waals surface area (Å²) in [5.74, 6) is 0.850. The molecular weight excluding hydrogens is 208 g/mol. The van der Waals surface area contributed by atoms with Crippen LogP contribution in [-0.2, 0) is 4.79 Å². The maximum atomic E-state index is 11.5. The van der Waals surface area contributed by atoms with Gasteiger partial charge in [-0.25, -0.2) is 0 Å². The van der Waals surface area contributed by atoms with Gasteiger partial charge in [-0.05, 0) is 51.1 Å². The molecule has 15 heavy (non-hydrogen) atoms. The molecule has 2 aliphatic carbocycles. The van der Waals surface area contributed by atoms with E-state index in [4.69, 9.17) is 0 Å². The van der Waals surface area contributed by atoms with E-state index in [0.717, 1.165) is 6.42 Å². The SMILES string of the molecule is C=CC1CC1C(=O)NSC1(C)CC1.CN. The zero-order chi connectivity index (χ0) is 11.5. The maximum Gasteiger partial charge on any atom is 0.233 e. The lowest BCUT2D eigenvalue weighted by Gasteiger charge is -2.08. The first-order valence-corrected chi connectivity index (χ1v) is 6.14. The molecule has 2 aliphatic rings. The Balaban J connectivity index is 0.000000531. The van der Waals surface area contributed by atoms with Crippen LogP contribution in [0, 0.1) is 11.8 Å². The quantitative estimate of drug-likeness (QED) is 0.569. The van der Waals surface area contributed by atoms with Crippen molar-refractivity contribution in [1.82, 2.24) is 4.72 Å². The summed E-state index contributed by atoms with van der Waals surface area (Å²) in [5, 5.41) is 0. The van der Waals surface area contributed by atoms with Crippen molar-refractivity contribution in [3.8, 4) is 0 Å². The van der Waals surface area contributed by atoms with Crippen molar-refractivity contribution in [2.24, 2.45) is 17.6 Å². The molecule has 0 aromatic rings. The van der Waals surface area contributed by atoms with E-state index in [1.165, 1.54) is 19.9 Å². The van der Waals surface area contributed by atoms with Crippen LogP contribution in [0.25, 0.3) is 0 Å². The van der Waals surface area contributed by atoms with Gasteiger partial charge in [0.2, 0.25) is 5.91 Å². The van der Waals surface area contributed by atoms with Crippen molar-refractivity contribution in [3.63, 3.8) is 0 Å². The molecule has 0 saturated heterocycles. The Kier molecular flexibility index (Phi) is 4.22.